The molecule has 0 aliphatic heterocycles. The van der Waals surface area contributed by atoms with Crippen molar-refractivity contribution in [2.24, 2.45) is 0 Å². The maximum absolute atomic E-state index is 14.0. The summed E-state index contributed by atoms with van der Waals surface area (Å²) < 4.78 is 56.7. The zero-order valence-electron chi connectivity index (χ0n) is 11.0. The van der Waals surface area contributed by atoms with Crippen molar-refractivity contribution >= 4 is 21.9 Å². The Kier molecular flexibility index (Phi) is 4.85. The molecule has 0 heterocycles. The second kappa shape index (κ2) is 6.48. The van der Waals surface area contributed by atoms with Crippen molar-refractivity contribution in [3.8, 4) is 0 Å². The molecule has 0 fully saturated rings. The number of benzene rings is 2. The Balaban J connectivity index is 2.26. The standard InChI is InChI=1S/C15H9BrF4O2/c16-11-7-6-10(15(18,19)20)13(17)12(11)14(21)22-8-9-4-2-1-3-5-9/h1-7H,8H2. The first-order valence-corrected chi connectivity index (χ1v) is 6.86. The monoisotopic (exact) mass is 376 g/mol. The zero-order chi connectivity index (χ0) is 16.3. The quantitative estimate of drug-likeness (QED) is 0.558. The molecule has 0 aliphatic carbocycles. The minimum atomic E-state index is -4.89. The molecule has 0 aliphatic rings. The third kappa shape index (κ3) is 3.65. The molecule has 0 atom stereocenters. The highest BCUT2D eigenvalue weighted by Gasteiger charge is 2.37. The summed E-state index contributed by atoms with van der Waals surface area (Å²) in [6.07, 6.45) is -4.89. The van der Waals surface area contributed by atoms with Crippen LogP contribution in [0, 0.1) is 5.82 Å². The van der Waals surface area contributed by atoms with Crippen molar-refractivity contribution in [3.05, 3.63) is 69.4 Å². The number of rotatable bonds is 3. The molecule has 7 heteroatoms. The van der Waals surface area contributed by atoms with Gasteiger partial charge in [-0.2, -0.15) is 13.2 Å². The lowest BCUT2D eigenvalue weighted by Crippen LogP contribution is -2.15. The van der Waals surface area contributed by atoms with Crippen LogP contribution in [-0.4, -0.2) is 5.97 Å². The molecule has 2 rings (SSSR count). The number of esters is 1. The Bertz CT molecular complexity index is 684. The van der Waals surface area contributed by atoms with Crippen LogP contribution >= 0.6 is 15.9 Å². The van der Waals surface area contributed by atoms with Crippen molar-refractivity contribution in [2.75, 3.05) is 0 Å². The summed E-state index contributed by atoms with van der Waals surface area (Å²) in [6, 6.07) is 10.1. The van der Waals surface area contributed by atoms with Gasteiger partial charge in [-0.05, 0) is 33.6 Å². The second-order valence-corrected chi connectivity index (χ2v) is 5.20. The van der Waals surface area contributed by atoms with Crippen LogP contribution in [0.15, 0.2) is 46.9 Å². The van der Waals surface area contributed by atoms with Crippen molar-refractivity contribution in [3.63, 3.8) is 0 Å². The number of alkyl halides is 3. The molecule has 0 aromatic heterocycles. The van der Waals surface area contributed by atoms with E-state index in [-0.39, 0.29) is 11.1 Å². The summed E-state index contributed by atoms with van der Waals surface area (Å²) in [5.74, 6) is -2.82. The predicted octanol–water partition coefficient (Wildman–Crippen LogP) is 4.96. The lowest BCUT2D eigenvalue weighted by atomic mass is 10.1. The number of hydrogen-bond acceptors (Lipinski definition) is 2. The van der Waals surface area contributed by atoms with E-state index >= 15 is 0 Å². The first-order valence-electron chi connectivity index (χ1n) is 6.07. The molecule has 0 amide bonds. The Labute approximate surface area is 131 Å². The fourth-order valence-electron chi connectivity index (χ4n) is 1.75. The fraction of sp³-hybridized carbons (Fsp3) is 0.133. The van der Waals surface area contributed by atoms with E-state index in [2.05, 4.69) is 15.9 Å². The number of carbonyl (C=O) groups is 1. The smallest absolute Gasteiger partial charge is 0.419 e. The molecule has 116 valence electrons. The molecule has 2 nitrogen and oxygen atoms in total. The van der Waals surface area contributed by atoms with Gasteiger partial charge in [-0.3, -0.25) is 0 Å². The molecule has 0 radical (unpaired) electrons. The molecule has 0 saturated heterocycles. The highest BCUT2D eigenvalue weighted by Crippen LogP contribution is 2.35. The number of carbonyl (C=O) groups excluding carboxylic acids is 1. The molecule has 0 N–H and O–H groups in total. The average Bonchev–Trinajstić information content (AvgIpc) is 2.45. The van der Waals surface area contributed by atoms with Crippen molar-refractivity contribution in [1.82, 2.24) is 0 Å². The van der Waals surface area contributed by atoms with Crippen LogP contribution in [0.1, 0.15) is 21.5 Å². The van der Waals surface area contributed by atoms with Crippen LogP contribution in [0.3, 0.4) is 0 Å². The topological polar surface area (TPSA) is 26.3 Å². The maximum Gasteiger partial charge on any atom is 0.419 e. The van der Waals surface area contributed by atoms with E-state index in [0.717, 1.165) is 6.07 Å². The van der Waals surface area contributed by atoms with Gasteiger partial charge in [0.05, 0.1) is 5.56 Å². The minimum absolute atomic E-state index is 0.101. The van der Waals surface area contributed by atoms with Crippen LogP contribution < -0.4 is 0 Å². The molecule has 0 unspecified atom stereocenters. The van der Waals surface area contributed by atoms with Gasteiger partial charge < -0.3 is 4.74 Å². The van der Waals surface area contributed by atoms with Gasteiger partial charge in [0.25, 0.3) is 0 Å². The zero-order valence-corrected chi connectivity index (χ0v) is 12.5. The van der Waals surface area contributed by atoms with Gasteiger partial charge in [-0.25, -0.2) is 9.18 Å². The van der Waals surface area contributed by atoms with Gasteiger partial charge >= 0.3 is 12.1 Å². The Morgan fingerprint density at radius 2 is 1.73 bits per heavy atom. The van der Waals surface area contributed by atoms with E-state index in [0.29, 0.717) is 11.6 Å². The van der Waals surface area contributed by atoms with Gasteiger partial charge in [0, 0.05) is 4.47 Å². The van der Waals surface area contributed by atoms with E-state index in [4.69, 9.17) is 4.74 Å². The van der Waals surface area contributed by atoms with Gasteiger partial charge in [-0.1, -0.05) is 30.3 Å². The molecule has 0 bridgehead atoms. The van der Waals surface area contributed by atoms with Gasteiger partial charge in [0.15, 0.2) is 5.82 Å². The van der Waals surface area contributed by atoms with E-state index in [1.807, 2.05) is 0 Å². The fourth-order valence-corrected chi connectivity index (χ4v) is 2.22. The molecule has 0 spiro atoms. The van der Waals surface area contributed by atoms with Crippen molar-refractivity contribution in [1.29, 1.82) is 0 Å². The summed E-state index contributed by atoms with van der Waals surface area (Å²) in [4.78, 5) is 11.9. The molecule has 2 aromatic rings. The normalized spacial score (nSPS) is 11.3. The lowest BCUT2D eigenvalue weighted by molar-refractivity contribution is -0.140. The molecular formula is C15H9BrF4O2. The summed E-state index contributed by atoms with van der Waals surface area (Å²) >= 11 is 2.87. The maximum atomic E-state index is 14.0. The van der Waals surface area contributed by atoms with Crippen LogP contribution in [0.4, 0.5) is 17.6 Å². The predicted molar refractivity (Wildman–Crippen MR) is 74.7 cm³/mol. The summed E-state index contributed by atoms with van der Waals surface area (Å²) in [5.41, 5.74) is -1.65. The third-order valence-corrected chi connectivity index (χ3v) is 3.47. The van der Waals surface area contributed by atoms with E-state index < -0.39 is 29.1 Å². The SMILES string of the molecule is O=C(OCc1ccccc1)c1c(Br)ccc(C(F)(F)F)c1F. The van der Waals surface area contributed by atoms with Crippen LogP contribution in [0.2, 0.25) is 0 Å². The van der Waals surface area contributed by atoms with Gasteiger partial charge in [0.2, 0.25) is 0 Å². The minimum Gasteiger partial charge on any atom is -0.457 e. The first kappa shape index (κ1) is 16.5. The molecule has 0 saturated carbocycles. The number of halogens is 5. The molecule has 22 heavy (non-hydrogen) atoms. The van der Waals surface area contributed by atoms with E-state index in [1.54, 1.807) is 30.3 Å². The Morgan fingerprint density at radius 3 is 2.32 bits per heavy atom. The molecule has 2 aromatic carbocycles. The Morgan fingerprint density at radius 1 is 1.09 bits per heavy atom. The Hall–Kier alpha value is -1.89. The van der Waals surface area contributed by atoms with Gasteiger partial charge in [0.1, 0.15) is 12.2 Å². The average molecular weight is 377 g/mol. The summed E-state index contributed by atoms with van der Waals surface area (Å²) in [7, 11) is 0. The summed E-state index contributed by atoms with van der Waals surface area (Å²) in [6.45, 7) is -0.165. The van der Waals surface area contributed by atoms with Crippen LogP contribution in [-0.2, 0) is 17.5 Å². The number of hydrogen-bond donors (Lipinski definition) is 0. The highest BCUT2D eigenvalue weighted by atomic mass is 79.9. The van der Waals surface area contributed by atoms with Crippen molar-refractivity contribution < 1.29 is 27.1 Å². The summed E-state index contributed by atoms with van der Waals surface area (Å²) in [5, 5.41) is 0. The second-order valence-electron chi connectivity index (χ2n) is 4.34. The largest absolute Gasteiger partial charge is 0.457 e. The van der Waals surface area contributed by atoms with E-state index in [1.165, 1.54) is 0 Å². The first-order chi connectivity index (χ1) is 10.3. The number of ether oxygens (including phenoxy) is 1. The van der Waals surface area contributed by atoms with Crippen LogP contribution in [0.5, 0.6) is 0 Å². The molecular weight excluding hydrogens is 368 g/mol. The lowest BCUT2D eigenvalue weighted by Gasteiger charge is -2.12. The third-order valence-electron chi connectivity index (χ3n) is 2.81. The van der Waals surface area contributed by atoms with Crippen molar-refractivity contribution in [2.45, 2.75) is 12.8 Å². The van der Waals surface area contributed by atoms with Gasteiger partial charge in [-0.15, -0.1) is 0 Å². The van der Waals surface area contributed by atoms with E-state index in [9.17, 15) is 22.4 Å². The highest BCUT2D eigenvalue weighted by molar-refractivity contribution is 9.10. The van der Waals surface area contributed by atoms with Crippen LogP contribution in [0.25, 0.3) is 0 Å².